The van der Waals surface area contributed by atoms with E-state index in [1.54, 1.807) is 12.3 Å². The Kier molecular flexibility index (Phi) is 5.31. The fourth-order valence-electron chi connectivity index (χ4n) is 2.25. The summed E-state index contributed by atoms with van der Waals surface area (Å²) in [6.07, 6.45) is 1.69. The summed E-state index contributed by atoms with van der Waals surface area (Å²) < 4.78 is 30.9. The number of aromatic nitrogens is 1. The van der Waals surface area contributed by atoms with Crippen LogP contribution in [0.5, 0.6) is 5.75 Å². The van der Waals surface area contributed by atoms with E-state index in [9.17, 15) is 8.42 Å². The van der Waals surface area contributed by atoms with Crippen LogP contribution in [0.2, 0.25) is 0 Å². The van der Waals surface area contributed by atoms with Crippen LogP contribution in [-0.2, 0) is 10.9 Å². The molecule has 2 aromatic rings. The van der Waals surface area contributed by atoms with Gasteiger partial charge in [0.1, 0.15) is 5.75 Å². The fraction of sp³-hybridized carbons (Fsp3) is 0.438. The van der Waals surface area contributed by atoms with Crippen LogP contribution in [0, 0.1) is 5.51 Å². The normalized spacial score (nSPS) is 12.0. The zero-order valence-electron chi connectivity index (χ0n) is 13.9. The summed E-state index contributed by atoms with van der Waals surface area (Å²) in [5.41, 5.74) is 3.60. The highest BCUT2D eigenvalue weighted by Crippen LogP contribution is 2.38. The largest absolute Gasteiger partial charge is 0.491 e. The van der Waals surface area contributed by atoms with Gasteiger partial charge in [0.25, 0.3) is 0 Å². The van der Waals surface area contributed by atoms with Gasteiger partial charge in [-0.1, -0.05) is 0 Å². The van der Waals surface area contributed by atoms with Gasteiger partial charge in [-0.15, -0.1) is 11.3 Å². The number of thiol groups is 1. The van der Waals surface area contributed by atoms with Crippen LogP contribution >= 0.6 is 11.3 Å². The van der Waals surface area contributed by atoms with Gasteiger partial charge in [-0.3, -0.25) is 4.31 Å². The molecule has 0 fully saturated rings. The minimum absolute atomic E-state index is 0.00883. The van der Waals surface area contributed by atoms with Crippen molar-refractivity contribution in [3.05, 3.63) is 29.9 Å². The molecule has 1 aromatic carbocycles. The Hall–Kier alpha value is -1.60. The first-order chi connectivity index (χ1) is 10.7. The van der Waals surface area contributed by atoms with Crippen molar-refractivity contribution in [3.8, 4) is 16.2 Å². The van der Waals surface area contributed by atoms with E-state index in [2.05, 4.69) is 10.5 Å². The molecule has 0 aliphatic carbocycles. The second kappa shape index (κ2) is 6.88. The Bertz CT molecular complexity index is 724. The minimum atomic E-state index is -2.80. The molecule has 23 heavy (non-hydrogen) atoms. The molecule has 1 heterocycles. The van der Waals surface area contributed by atoms with E-state index >= 15 is 0 Å². The maximum absolute atomic E-state index is 11.9. The molecule has 0 N–H and O–H groups in total. The molecule has 1 aromatic heterocycles. The number of benzene rings is 1. The van der Waals surface area contributed by atoms with Crippen LogP contribution in [0.4, 0.5) is 5.69 Å². The van der Waals surface area contributed by atoms with Gasteiger partial charge in [-0.25, -0.2) is 13.4 Å². The molecule has 0 atom stereocenters. The molecule has 0 saturated carbocycles. The molecule has 0 aliphatic rings. The Morgan fingerprint density at radius 2 is 2.00 bits per heavy atom. The van der Waals surface area contributed by atoms with Crippen molar-refractivity contribution in [2.24, 2.45) is 0 Å². The Balaban J connectivity index is 2.65. The zero-order chi connectivity index (χ0) is 17.2. The minimum Gasteiger partial charge on any atom is -0.491 e. The lowest BCUT2D eigenvalue weighted by atomic mass is 10.1. The van der Waals surface area contributed by atoms with Crippen molar-refractivity contribution in [1.82, 2.24) is 4.98 Å². The molecule has 5 nitrogen and oxygen atoms in total. The topological polar surface area (TPSA) is 59.5 Å². The van der Waals surface area contributed by atoms with Crippen molar-refractivity contribution in [2.75, 3.05) is 4.31 Å². The number of hydrogen-bond acceptors (Lipinski definition) is 5. The number of ether oxygens (including phenoxy) is 1. The first-order valence-electron chi connectivity index (χ1n) is 7.27. The molecule has 0 saturated heterocycles. The monoisotopic (exact) mass is 353 g/mol. The number of nitrogens with zero attached hydrogens (tertiary/aromatic N) is 2. The van der Waals surface area contributed by atoms with Crippen LogP contribution in [-0.4, -0.2) is 25.0 Å². The van der Waals surface area contributed by atoms with E-state index in [4.69, 9.17) is 4.74 Å². The average molecular weight is 353 g/mol. The van der Waals surface area contributed by atoms with Gasteiger partial charge >= 0.3 is 0 Å². The highest BCUT2D eigenvalue weighted by atomic mass is 32.2. The predicted octanol–water partition coefficient (Wildman–Crippen LogP) is 3.53. The Morgan fingerprint density at radius 3 is 2.48 bits per heavy atom. The van der Waals surface area contributed by atoms with Crippen LogP contribution in [0.15, 0.2) is 24.4 Å². The summed E-state index contributed by atoms with van der Waals surface area (Å²) in [5.74, 6) is 0.637. The maximum atomic E-state index is 11.9. The van der Waals surface area contributed by atoms with Crippen molar-refractivity contribution in [3.63, 3.8) is 0 Å². The SMILES string of the molecule is CC(C)Oc1ccc(-c2cn[c]s2)c(N([SH](=O)=O)C(C)(C)C)c1. The summed E-state index contributed by atoms with van der Waals surface area (Å²) >= 11 is 1.35. The van der Waals surface area contributed by atoms with Crippen LogP contribution in [0.1, 0.15) is 34.6 Å². The van der Waals surface area contributed by atoms with Crippen molar-refractivity contribution < 1.29 is 13.2 Å². The van der Waals surface area contributed by atoms with Gasteiger partial charge in [0.15, 0.2) is 5.51 Å². The quantitative estimate of drug-likeness (QED) is 0.836. The number of thiazole rings is 1. The predicted molar refractivity (Wildman–Crippen MR) is 94.7 cm³/mol. The third kappa shape index (κ3) is 4.23. The van der Waals surface area contributed by atoms with Crippen LogP contribution in [0.25, 0.3) is 10.4 Å². The Morgan fingerprint density at radius 1 is 1.30 bits per heavy atom. The van der Waals surface area contributed by atoms with Crippen molar-refractivity contribution in [2.45, 2.75) is 46.3 Å². The number of rotatable bonds is 5. The van der Waals surface area contributed by atoms with Gasteiger partial charge in [-0.05, 0) is 46.8 Å². The molecule has 7 heteroatoms. The molecule has 0 aliphatic heterocycles. The summed E-state index contributed by atoms with van der Waals surface area (Å²) in [4.78, 5) is 4.83. The van der Waals surface area contributed by atoms with E-state index in [1.165, 1.54) is 15.6 Å². The lowest BCUT2D eigenvalue weighted by Gasteiger charge is -2.33. The highest BCUT2D eigenvalue weighted by Gasteiger charge is 2.27. The molecule has 125 valence electrons. The lowest BCUT2D eigenvalue weighted by molar-refractivity contribution is 0.242. The molecule has 2 rings (SSSR count). The molecular weight excluding hydrogens is 332 g/mol. The van der Waals surface area contributed by atoms with E-state index in [0.717, 1.165) is 10.4 Å². The number of anilines is 1. The molecular formula is C16H21N2O3S2. The van der Waals surface area contributed by atoms with E-state index in [1.807, 2.05) is 46.8 Å². The van der Waals surface area contributed by atoms with Crippen molar-refractivity contribution >= 4 is 27.9 Å². The lowest BCUT2D eigenvalue weighted by Crippen LogP contribution is -2.40. The van der Waals surface area contributed by atoms with E-state index in [0.29, 0.717) is 11.4 Å². The van der Waals surface area contributed by atoms with Gasteiger partial charge in [-0.2, -0.15) is 0 Å². The zero-order valence-corrected chi connectivity index (χ0v) is 15.6. The average Bonchev–Trinajstić information content (AvgIpc) is 2.89. The third-order valence-corrected chi connectivity index (χ3v) is 4.91. The third-order valence-electron chi connectivity index (χ3n) is 3.02. The smallest absolute Gasteiger partial charge is 0.225 e. The molecule has 0 amide bonds. The Labute approximate surface area is 143 Å². The first-order valence-corrected chi connectivity index (χ1v) is 9.22. The second-order valence-corrected chi connectivity index (χ2v) is 8.08. The van der Waals surface area contributed by atoms with Crippen molar-refractivity contribution in [1.29, 1.82) is 0 Å². The molecule has 1 radical (unpaired) electrons. The van der Waals surface area contributed by atoms with E-state index < -0.39 is 16.4 Å². The van der Waals surface area contributed by atoms with Crippen LogP contribution in [0.3, 0.4) is 0 Å². The van der Waals surface area contributed by atoms with Gasteiger partial charge in [0, 0.05) is 23.4 Å². The molecule has 0 bridgehead atoms. The maximum Gasteiger partial charge on any atom is 0.225 e. The highest BCUT2D eigenvalue weighted by molar-refractivity contribution is 7.74. The molecule has 0 spiro atoms. The second-order valence-electron chi connectivity index (χ2n) is 6.38. The summed E-state index contributed by atoms with van der Waals surface area (Å²) in [7, 11) is -2.80. The van der Waals surface area contributed by atoms with Crippen LogP contribution < -0.4 is 9.04 Å². The summed E-state index contributed by atoms with van der Waals surface area (Å²) in [6, 6.07) is 5.48. The first kappa shape index (κ1) is 17.7. The fourth-order valence-corrected chi connectivity index (χ4v) is 3.67. The number of hydrogen-bond donors (Lipinski definition) is 1. The van der Waals surface area contributed by atoms with Gasteiger partial charge in [0.05, 0.1) is 16.7 Å². The molecule has 0 unspecified atom stereocenters. The summed E-state index contributed by atoms with van der Waals surface area (Å²) in [6.45, 7) is 9.44. The summed E-state index contributed by atoms with van der Waals surface area (Å²) in [5, 5.41) is 0. The van der Waals surface area contributed by atoms with E-state index in [-0.39, 0.29) is 6.10 Å². The van der Waals surface area contributed by atoms with Gasteiger partial charge < -0.3 is 4.74 Å². The van der Waals surface area contributed by atoms with Gasteiger partial charge in [0.2, 0.25) is 10.9 Å². The standard InChI is InChI=1S/C16H21N2O3S2/c1-11(2)21-12-6-7-13(15-9-17-10-22-15)14(8-12)18(23(19)20)16(3,4)5/h6-9,11,23H,1-5H3.